The first-order valence-corrected chi connectivity index (χ1v) is 12.0. The van der Waals surface area contributed by atoms with Crippen LogP contribution in [-0.2, 0) is 16.1 Å². The summed E-state index contributed by atoms with van der Waals surface area (Å²) in [6, 6.07) is 16.6. The second-order valence-corrected chi connectivity index (χ2v) is 8.64. The normalized spacial score (nSPS) is 14.9. The number of benzene rings is 2. The Kier molecular flexibility index (Phi) is 9.84. The maximum atomic E-state index is 12.5. The van der Waals surface area contributed by atoms with Gasteiger partial charge in [0, 0.05) is 38.1 Å². The molecule has 40 heavy (non-hydrogen) atoms. The summed E-state index contributed by atoms with van der Waals surface area (Å²) in [5, 5.41) is 9.88. The van der Waals surface area contributed by atoms with Crippen molar-refractivity contribution in [2.45, 2.75) is 25.7 Å². The van der Waals surface area contributed by atoms with Crippen molar-refractivity contribution < 1.29 is 37.4 Å². The molecule has 2 heterocycles. The molecule has 0 spiro atoms. The molecule has 1 aromatic heterocycles. The Morgan fingerprint density at radius 2 is 1.65 bits per heavy atom. The van der Waals surface area contributed by atoms with E-state index >= 15 is 0 Å². The van der Waals surface area contributed by atoms with Crippen LogP contribution in [-0.4, -0.2) is 69.8 Å². The number of aliphatic carboxylic acids is 1. The van der Waals surface area contributed by atoms with Crippen molar-refractivity contribution in [1.29, 1.82) is 0 Å². The lowest BCUT2D eigenvalue weighted by Crippen LogP contribution is -2.54. The minimum Gasteiger partial charge on any atom is -0.475 e. The zero-order valence-corrected chi connectivity index (χ0v) is 21.3. The number of carbonyl (C=O) groups excluding carboxylic acids is 2. The number of nitrogens with one attached hydrogen (secondary N) is 1. The summed E-state index contributed by atoms with van der Waals surface area (Å²) in [5.74, 6) is -2.58. The monoisotopic (exact) mass is 560 g/mol. The molecular formula is C26H27F3N6O5. The van der Waals surface area contributed by atoms with Gasteiger partial charge in [-0.2, -0.15) is 13.2 Å². The second-order valence-electron chi connectivity index (χ2n) is 8.64. The smallest absolute Gasteiger partial charge is 0.475 e. The summed E-state index contributed by atoms with van der Waals surface area (Å²) in [4.78, 5) is 46.3. The van der Waals surface area contributed by atoms with Crippen LogP contribution in [0.2, 0.25) is 0 Å². The maximum Gasteiger partial charge on any atom is 0.490 e. The predicted octanol–water partition coefficient (Wildman–Crippen LogP) is 3.79. The number of hydrogen-bond acceptors (Lipinski definition) is 8. The molecular weight excluding hydrogens is 533 g/mol. The quantitative estimate of drug-likeness (QED) is 0.396. The third-order valence-electron chi connectivity index (χ3n) is 5.70. The van der Waals surface area contributed by atoms with E-state index in [-0.39, 0.29) is 24.6 Å². The van der Waals surface area contributed by atoms with Crippen LogP contribution in [0.3, 0.4) is 0 Å². The Bertz CT molecular complexity index is 1310. The molecule has 1 saturated heterocycles. The summed E-state index contributed by atoms with van der Waals surface area (Å²) in [6.07, 6.45) is -2.44. The zero-order valence-electron chi connectivity index (χ0n) is 21.3. The zero-order chi connectivity index (χ0) is 29.3. The summed E-state index contributed by atoms with van der Waals surface area (Å²) in [6.45, 7) is 3.83. The highest BCUT2D eigenvalue weighted by Crippen LogP contribution is 2.19. The predicted molar refractivity (Wildman–Crippen MR) is 140 cm³/mol. The molecule has 14 heteroatoms. The van der Waals surface area contributed by atoms with Gasteiger partial charge in [0.1, 0.15) is 6.61 Å². The molecule has 0 saturated carbocycles. The minimum absolute atomic E-state index is 0.0744. The van der Waals surface area contributed by atoms with Gasteiger partial charge in [0.15, 0.2) is 0 Å². The number of nitrogen functional groups attached to an aromatic ring is 1. The molecule has 1 atom stereocenters. The van der Waals surface area contributed by atoms with Gasteiger partial charge in [0.05, 0.1) is 16.9 Å². The molecule has 212 valence electrons. The molecule has 2 aromatic carbocycles. The lowest BCUT2D eigenvalue weighted by Gasteiger charge is -2.39. The van der Waals surface area contributed by atoms with E-state index in [1.54, 1.807) is 29.2 Å². The highest BCUT2D eigenvalue weighted by atomic mass is 19.4. The van der Waals surface area contributed by atoms with Crippen molar-refractivity contribution in [3.05, 3.63) is 78.1 Å². The number of piperazine rings is 1. The standard InChI is InChI=1S/C24H26N6O3.C2HF3O2/c1-17-15-29(11-12-30(17)24(32)33-16-18-7-3-2-4-8-18)23-26-13-19(14-27-23)22(31)28-21-10-6-5-9-20(21)25;3-2(4,5)1(6)7/h2-10,13-14,17H,11-12,15-16,25H2,1H3,(H,28,31);(H,6,7)/t17-;/m1./s1. The molecule has 4 rings (SSSR count). The topological polar surface area (TPSA) is 151 Å². The number of carboxylic acids is 1. The lowest BCUT2D eigenvalue weighted by atomic mass is 10.2. The van der Waals surface area contributed by atoms with E-state index in [1.165, 1.54) is 12.4 Å². The van der Waals surface area contributed by atoms with Crippen molar-refractivity contribution in [2.24, 2.45) is 0 Å². The number of rotatable bonds is 5. The summed E-state index contributed by atoms with van der Waals surface area (Å²) < 4.78 is 37.2. The van der Waals surface area contributed by atoms with E-state index in [0.717, 1.165) is 5.56 Å². The molecule has 0 aliphatic carbocycles. The van der Waals surface area contributed by atoms with Crippen molar-refractivity contribution in [2.75, 3.05) is 35.6 Å². The van der Waals surface area contributed by atoms with Crippen LogP contribution in [0.25, 0.3) is 0 Å². The number of alkyl halides is 3. The number of halogens is 3. The number of nitrogens with zero attached hydrogens (tertiary/aromatic N) is 4. The highest BCUT2D eigenvalue weighted by molar-refractivity contribution is 6.05. The van der Waals surface area contributed by atoms with Gasteiger partial charge in [-0.1, -0.05) is 42.5 Å². The largest absolute Gasteiger partial charge is 0.490 e. The molecule has 2 amide bonds. The van der Waals surface area contributed by atoms with Crippen LogP contribution in [0.15, 0.2) is 67.0 Å². The fourth-order valence-corrected chi connectivity index (χ4v) is 3.62. The average molecular weight is 561 g/mol. The van der Waals surface area contributed by atoms with Gasteiger partial charge < -0.3 is 30.7 Å². The number of anilines is 3. The van der Waals surface area contributed by atoms with Gasteiger partial charge in [0.2, 0.25) is 5.95 Å². The van der Waals surface area contributed by atoms with E-state index in [1.807, 2.05) is 42.2 Å². The first-order valence-electron chi connectivity index (χ1n) is 12.0. The number of hydrogen-bond donors (Lipinski definition) is 3. The first kappa shape index (κ1) is 29.7. The van der Waals surface area contributed by atoms with Crippen molar-refractivity contribution >= 4 is 35.3 Å². The van der Waals surface area contributed by atoms with E-state index in [0.29, 0.717) is 42.5 Å². The van der Waals surface area contributed by atoms with Crippen molar-refractivity contribution in [3.63, 3.8) is 0 Å². The molecule has 1 aliphatic rings. The lowest BCUT2D eigenvalue weighted by molar-refractivity contribution is -0.192. The van der Waals surface area contributed by atoms with E-state index < -0.39 is 12.1 Å². The fourth-order valence-electron chi connectivity index (χ4n) is 3.62. The Hall–Kier alpha value is -4.88. The Morgan fingerprint density at radius 1 is 1.05 bits per heavy atom. The first-order chi connectivity index (χ1) is 19.0. The Labute approximate surface area is 227 Å². The van der Waals surface area contributed by atoms with E-state index in [4.69, 9.17) is 20.4 Å². The van der Waals surface area contributed by atoms with E-state index in [9.17, 15) is 22.8 Å². The van der Waals surface area contributed by atoms with Crippen LogP contribution in [0.4, 0.5) is 35.3 Å². The number of ether oxygens (including phenoxy) is 1. The van der Waals surface area contributed by atoms with Crippen molar-refractivity contribution in [1.82, 2.24) is 14.9 Å². The van der Waals surface area contributed by atoms with E-state index in [2.05, 4.69) is 15.3 Å². The molecule has 3 aromatic rings. The molecule has 4 N–H and O–H groups in total. The Balaban J connectivity index is 0.000000559. The van der Waals surface area contributed by atoms with Crippen LogP contribution in [0, 0.1) is 0 Å². The van der Waals surface area contributed by atoms with Crippen LogP contribution >= 0.6 is 0 Å². The van der Waals surface area contributed by atoms with Crippen molar-refractivity contribution in [3.8, 4) is 0 Å². The van der Waals surface area contributed by atoms with Gasteiger partial charge >= 0.3 is 18.2 Å². The SMILES string of the molecule is C[C@@H]1CN(c2ncc(C(=O)Nc3ccccc3N)cn2)CCN1C(=O)OCc1ccccc1.O=C(O)C(F)(F)F. The summed E-state index contributed by atoms with van der Waals surface area (Å²) in [5.41, 5.74) is 8.17. The van der Waals surface area contributed by atoms with Gasteiger partial charge in [-0.15, -0.1) is 0 Å². The number of nitrogens with two attached hydrogens (primary N) is 1. The van der Waals surface area contributed by atoms with Crippen LogP contribution in [0.1, 0.15) is 22.8 Å². The third kappa shape index (κ3) is 8.31. The summed E-state index contributed by atoms with van der Waals surface area (Å²) >= 11 is 0. The highest BCUT2D eigenvalue weighted by Gasteiger charge is 2.38. The number of carboxylic acid groups (broad SMARTS) is 1. The molecule has 0 radical (unpaired) electrons. The number of amides is 2. The van der Waals surface area contributed by atoms with Gasteiger partial charge in [-0.3, -0.25) is 4.79 Å². The van der Waals surface area contributed by atoms with Gasteiger partial charge in [-0.25, -0.2) is 19.6 Å². The fraction of sp³-hybridized carbons (Fsp3) is 0.269. The molecule has 0 bridgehead atoms. The second kappa shape index (κ2) is 13.3. The molecule has 0 unspecified atom stereocenters. The molecule has 1 fully saturated rings. The third-order valence-corrected chi connectivity index (χ3v) is 5.70. The average Bonchev–Trinajstić information content (AvgIpc) is 2.93. The summed E-state index contributed by atoms with van der Waals surface area (Å²) in [7, 11) is 0. The number of aromatic nitrogens is 2. The van der Waals surface area contributed by atoms with Gasteiger partial charge in [-0.05, 0) is 24.6 Å². The number of para-hydroxylation sites is 2. The van der Waals surface area contributed by atoms with Crippen LogP contribution < -0.4 is 16.0 Å². The molecule has 11 nitrogen and oxygen atoms in total. The van der Waals surface area contributed by atoms with Crippen LogP contribution in [0.5, 0.6) is 0 Å². The molecule has 1 aliphatic heterocycles. The minimum atomic E-state index is -5.08. The van der Waals surface area contributed by atoms with Gasteiger partial charge in [0.25, 0.3) is 5.91 Å². The Morgan fingerprint density at radius 3 is 2.23 bits per heavy atom. The maximum absolute atomic E-state index is 12.5. The number of carbonyl (C=O) groups is 3.